The first kappa shape index (κ1) is 20.0. The minimum Gasteiger partial charge on any atom is -0.423 e. The van der Waals surface area contributed by atoms with Crippen molar-refractivity contribution >= 4 is 40.1 Å². The fraction of sp³-hybridized carbons (Fsp3) is 0.105. The van der Waals surface area contributed by atoms with Crippen LogP contribution in [0.2, 0.25) is 5.02 Å². The van der Waals surface area contributed by atoms with Crippen molar-refractivity contribution in [3.8, 4) is 5.75 Å². The van der Waals surface area contributed by atoms with Crippen LogP contribution in [0.5, 0.6) is 5.75 Å². The van der Waals surface area contributed by atoms with Gasteiger partial charge in [0.1, 0.15) is 16.9 Å². The molecule has 0 saturated carbocycles. The molecule has 0 radical (unpaired) electrons. The zero-order valence-electron chi connectivity index (χ0n) is 14.9. The van der Waals surface area contributed by atoms with Crippen molar-refractivity contribution in [3.05, 3.63) is 79.1 Å². The number of amides is 1. The molecule has 29 heavy (non-hydrogen) atoms. The number of halogens is 1. The number of hydrogen-bond acceptors (Lipinski definition) is 7. The Kier molecular flexibility index (Phi) is 5.60. The van der Waals surface area contributed by atoms with E-state index in [-0.39, 0.29) is 33.2 Å². The number of non-ortho nitro benzene ring substituents is 1. The van der Waals surface area contributed by atoms with Crippen LogP contribution in [0.4, 0.5) is 5.69 Å². The molecule has 2 aromatic carbocycles. The van der Waals surface area contributed by atoms with Crippen LogP contribution in [0.25, 0.3) is 11.0 Å². The van der Waals surface area contributed by atoms with E-state index in [1.54, 1.807) is 6.92 Å². The fourth-order valence-corrected chi connectivity index (χ4v) is 2.77. The first-order chi connectivity index (χ1) is 13.8. The van der Waals surface area contributed by atoms with E-state index >= 15 is 0 Å². The smallest absolute Gasteiger partial charge is 0.349 e. The number of carbonyl (C=O) groups excluding carboxylic acids is 2. The van der Waals surface area contributed by atoms with Gasteiger partial charge in [-0.15, -0.1) is 0 Å². The molecule has 10 heteroatoms. The zero-order chi connectivity index (χ0) is 21.1. The number of esters is 1. The number of ether oxygens (including phenoxy) is 1. The van der Waals surface area contributed by atoms with E-state index in [9.17, 15) is 24.5 Å². The van der Waals surface area contributed by atoms with Gasteiger partial charge in [0.05, 0.1) is 15.5 Å². The lowest BCUT2D eigenvalue weighted by Crippen LogP contribution is -2.27. The number of rotatable bonds is 5. The van der Waals surface area contributed by atoms with Gasteiger partial charge in [-0.25, -0.2) is 9.59 Å². The summed E-state index contributed by atoms with van der Waals surface area (Å²) in [5.74, 6) is -1.33. The molecular formula is C19H13ClN2O7. The van der Waals surface area contributed by atoms with Crippen LogP contribution in [-0.4, -0.2) is 23.3 Å². The number of hydrogen-bond donors (Lipinski definition) is 1. The number of nitro benzene ring substituents is 1. The van der Waals surface area contributed by atoms with E-state index < -0.39 is 22.4 Å². The van der Waals surface area contributed by atoms with E-state index in [0.717, 1.165) is 12.1 Å². The van der Waals surface area contributed by atoms with Crippen molar-refractivity contribution in [3.63, 3.8) is 0 Å². The molecule has 0 aliphatic heterocycles. The molecule has 148 valence electrons. The van der Waals surface area contributed by atoms with E-state index in [1.165, 1.54) is 30.3 Å². The third-order valence-electron chi connectivity index (χ3n) is 3.88. The quantitative estimate of drug-likeness (QED) is 0.222. The summed E-state index contributed by atoms with van der Waals surface area (Å²) in [7, 11) is 0. The lowest BCUT2D eigenvalue weighted by molar-refractivity contribution is -0.384. The molecule has 1 N–H and O–H groups in total. The van der Waals surface area contributed by atoms with Gasteiger partial charge in [0.25, 0.3) is 11.6 Å². The van der Waals surface area contributed by atoms with Gasteiger partial charge in [-0.1, -0.05) is 11.6 Å². The van der Waals surface area contributed by atoms with Crippen molar-refractivity contribution in [2.24, 2.45) is 0 Å². The Morgan fingerprint density at radius 2 is 1.93 bits per heavy atom. The zero-order valence-corrected chi connectivity index (χ0v) is 15.7. The molecule has 0 bridgehead atoms. The Morgan fingerprint density at radius 3 is 2.59 bits per heavy atom. The highest BCUT2D eigenvalue weighted by Crippen LogP contribution is 2.25. The van der Waals surface area contributed by atoms with Gasteiger partial charge in [0.2, 0.25) is 0 Å². The molecule has 0 atom stereocenters. The van der Waals surface area contributed by atoms with Crippen molar-refractivity contribution in [1.29, 1.82) is 0 Å². The molecule has 0 fully saturated rings. The Hall–Kier alpha value is -3.72. The summed E-state index contributed by atoms with van der Waals surface area (Å²) in [4.78, 5) is 46.3. The predicted molar refractivity (Wildman–Crippen MR) is 104 cm³/mol. The summed E-state index contributed by atoms with van der Waals surface area (Å²) < 4.78 is 10.4. The topological polar surface area (TPSA) is 129 Å². The van der Waals surface area contributed by atoms with Crippen LogP contribution in [0, 0.1) is 10.1 Å². The molecule has 1 aromatic heterocycles. The summed E-state index contributed by atoms with van der Waals surface area (Å²) in [5.41, 5.74) is -1.18. The van der Waals surface area contributed by atoms with Gasteiger partial charge in [-0.3, -0.25) is 14.9 Å². The number of fused-ring (bicyclic) bond motifs is 1. The second-order valence-corrected chi connectivity index (χ2v) is 6.22. The van der Waals surface area contributed by atoms with E-state index in [0.29, 0.717) is 11.9 Å². The maximum Gasteiger partial charge on any atom is 0.349 e. The van der Waals surface area contributed by atoms with Crippen LogP contribution in [0.3, 0.4) is 0 Å². The molecule has 0 spiro atoms. The lowest BCUT2D eigenvalue weighted by Gasteiger charge is -2.07. The third-order valence-corrected chi connectivity index (χ3v) is 4.20. The number of nitro groups is 1. The van der Waals surface area contributed by atoms with Crippen molar-refractivity contribution in [2.75, 3.05) is 6.54 Å². The minimum atomic E-state index is -0.842. The molecular weight excluding hydrogens is 404 g/mol. The van der Waals surface area contributed by atoms with Crippen LogP contribution in [0.15, 0.2) is 51.7 Å². The minimum absolute atomic E-state index is 0.0610. The molecule has 3 aromatic rings. The standard InChI is InChI=1S/C19H13ClN2O7/c1-2-21-17(23)14-7-10-3-5-12(9-16(10)29-19(14)25)28-18(24)13-6-4-11(22(26)27)8-15(13)20/h3-9H,2H2,1H3,(H,21,23). The van der Waals surface area contributed by atoms with Crippen molar-refractivity contribution in [1.82, 2.24) is 5.32 Å². The highest BCUT2D eigenvalue weighted by molar-refractivity contribution is 6.33. The summed E-state index contributed by atoms with van der Waals surface area (Å²) in [5, 5.41) is 13.6. The predicted octanol–water partition coefficient (Wildman–Crippen LogP) is 3.32. The molecule has 0 saturated heterocycles. The summed E-state index contributed by atoms with van der Waals surface area (Å²) >= 11 is 5.92. The SMILES string of the molecule is CCNC(=O)c1cc2ccc(OC(=O)c3ccc([N+](=O)[O-])cc3Cl)cc2oc1=O. The van der Waals surface area contributed by atoms with Gasteiger partial charge in [-0.05, 0) is 31.2 Å². The molecule has 1 heterocycles. The van der Waals surface area contributed by atoms with Crippen LogP contribution in [0.1, 0.15) is 27.6 Å². The molecule has 9 nitrogen and oxygen atoms in total. The number of carbonyl (C=O) groups is 2. The van der Waals surface area contributed by atoms with Gasteiger partial charge in [-0.2, -0.15) is 0 Å². The number of benzene rings is 2. The summed E-state index contributed by atoms with van der Waals surface area (Å²) in [6.45, 7) is 2.08. The number of nitrogens with zero attached hydrogens (tertiary/aromatic N) is 1. The van der Waals surface area contributed by atoms with Crippen LogP contribution >= 0.6 is 11.6 Å². The lowest BCUT2D eigenvalue weighted by atomic mass is 10.1. The highest BCUT2D eigenvalue weighted by atomic mass is 35.5. The van der Waals surface area contributed by atoms with Gasteiger partial charge >= 0.3 is 11.6 Å². The Morgan fingerprint density at radius 1 is 1.17 bits per heavy atom. The van der Waals surface area contributed by atoms with Crippen LogP contribution < -0.4 is 15.7 Å². The fourth-order valence-electron chi connectivity index (χ4n) is 2.51. The monoisotopic (exact) mass is 416 g/mol. The molecule has 1 amide bonds. The highest BCUT2D eigenvalue weighted by Gasteiger charge is 2.18. The normalized spacial score (nSPS) is 10.6. The van der Waals surface area contributed by atoms with E-state index in [1.807, 2.05) is 0 Å². The molecule has 0 unspecified atom stereocenters. The average molecular weight is 417 g/mol. The van der Waals surface area contributed by atoms with Gasteiger partial charge < -0.3 is 14.5 Å². The van der Waals surface area contributed by atoms with E-state index in [2.05, 4.69) is 5.32 Å². The maximum absolute atomic E-state index is 12.3. The summed E-state index contributed by atoms with van der Waals surface area (Å²) in [6, 6.07) is 9.01. The first-order valence-electron chi connectivity index (χ1n) is 8.32. The van der Waals surface area contributed by atoms with Gasteiger partial charge in [0.15, 0.2) is 0 Å². The number of nitrogens with one attached hydrogen (secondary N) is 1. The van der Waals surface area contributed by atoms with Crippen molar-refractivity contribution in [2.45, 2.75) is 6.92 Å². The molecule has 0 aliphatic rings. The molecule has 3 rings (SSSR count). The summed E-state index contributed by atoms with van der Waals surface area (Å²) in [6.07, 6.45) is 0. The second kappa shape index (κ2) is 8.11. The maximum atomic E-state index is 12.3. The largest absolute Gasteiger partial charge is 0.423 e. The molecule has 0 aliphatic carbocycles. The Balaban J connectivity index is 1.88. The van der Waals surface area contributed by atoms with E-state index in [4.69, 9.17) is 20.8 Å². The third kappa shape index (κ3) is 4.25. The Labute approximate surface area is 168 Å². The first-order valence-corrected chi connectivity index (χ1v) is 8.70. The van der Waals surface area contributed by atoms with Gasteiger partial charge in [0, 0.05) is 30.1 Å². The average Bonchev–Trinajstić information content (AvgIpc) is 2.67. The second-order valence-electron chi connectivity index (χ2n) is 5.82. The Bertz CT molecular complexity index is 1200. The van der Waals surface area contributed by atoms with Crippen LogP contribution in [-0.2, 0) is 0 Å². The van der Waals surface area contributed by atoms with Crippen molar-refractivity contribution < 1.29 is 23.7 Å².